The number of carbonyl (C=O) groups is 1. The lowest BCUT2D eigenvalue weighted by molar-refractivity contribution is 0.102. The Morgan fingerprint density at radius 3 is 2.52 bits per heavy atom. The average Bonchev–Trinajstić information content (AvgIpc) is 2.62. The minimum absolute atomic E-state index is 0.166. The number of benzene rings is 1. The zero-order valence-corrected chi connectivity index (χ0v) is 14.6. The third kappa shape index (κ3) is 3.90. The third-order valence-corrected chi connectivity index (χ3v) is 5.84. The van der Waals surface area contributed by atoms with E-state index in [4.69, 9.17) is 4.74 Å². The van der Waals surface area contributed by atoms with Gasteiger partial charge in [0.25, 0.3) is 5.91 Å². The summed E-state index contributed by atoms with van der Waals surface area (Å²) in [6.45, 7) is 0.478. The quantitative estimate of drug-likeness (QED) is 0.902. The molecule has 0 aliphatic carbocycles. The lowest BCUT2D eigenvalue weighted by Crippen LogP contribution is -2.37. The van der Waals surface area contributed by atoms with Gasteiger partial charge in [-0.05, 0) is 43.2 Å². The Hall–Kier alpha value is -2.61. The minimum Gasteiger partial charge on any atom is -0.481 e. The van der Waals surface area contributed by atoms with Crippen LogP contribution in [0.1, 0.15) is 23.2 Å². The molecule has 1 aromatic heterocycles. The summed E-state index contributed by atoms with van der Waals surface area (Å²) in [5.74, 6) is 0.338. The van der Waals surface area contributed by atoms with Gasteiger partial charge in [-0.1, -0.05) is 0 Å². The Balaban J connectivity index is 1.71. The Kier molecular flexibility index (Phi) is 4.89. The maximum absolute atomic E-state index is 12.3. The Morgan fingerprint density at radius 1 is 1.16 bits per heavy atom. The minimum atomic E-state index is -3.25. The molecule has 1 saturated heterocycles. The molecule has 7 nitrogen and oxygen atoms in total. The zero-order chi connectivity index (χ0) is 17.9. The molecule has 0 radical (unpaired) electrons. The van der Waals surface area contributed by atoms with Crippen LogP contribution in [0.5, 0.6) is 5.88 Å². The van der Waals surface area contributed by atoms with Crippen molar-refractivity contribution in [3.8, 4) is 5.88 Å². The van der Waals surface area contributed by atoms with Crippen molar-refractivity contribution >= 4 is 27.3 Å². The number of hydrogen-bond donors (Lipinski definition) is 1. The van der Waals surface area contributed by atoms with Crippen molar-refractivity contribution in [3.63, 3.8) is 0 Å². The maximum atomic E-state index is 12.3. The number of ether oxygens (including phenoxy) is 1. The van der Waals surface area contributed by atoms with Crippen LogP contribution in [0, 0.1) is 0 Å². The van der Waals surface area contributed by atoms with Crippen LogP contribution < -0.4 is 14.4 Å². The normalized spacial score (nSPS) is 16.3. The molecule has 0 unspecified atom stereocenters. The van der Waals surface area contributed by atoms with E-state index < -0.39 is 10.0 Å². The number of rotatable bonds is 4. The summed E-state index contributed by atoms with van der Waals surface area (Å²) in [6.07, 6.45) is 3.03. The molecule has 1 N–H and O–H groups in total. The molecule has 3 rings (SSSR count). The molecule has 0 atom stereocenters. The summed E-state index contributed by atoms with van der Waals surface area (Å²) < 4.78 is 30.6. The number of nitrogens with zero attached hydrogens (tertiary/aromatic N) is 2. The van der Waals surface area contributed by atoms with Crippen LogP contribution in [0.4, 0.5) is 11.4 Å². The number of carbonyl (C=O) groups excluding carboxylic acids is 1. The summed E-state index contributed by atoms with van der Waals surface area (Å²) in [5.41, 5.74) is 1.57. The van der Waals surface area contributed by atoms with Crippen LogP contribution in [-0.4, -0.2) is 38.7 Å². The lowest BCUT2D eigenvalue weighted by Gasteiger charge is -2.28. The fourth-order valence-corrected chi connectivity index (χ4v) is 4.28. The predicted molar refractivity (Wildman–Crippen MR) is 95.6 cm³/mol. The van der Waals surface area contributed by atoms with Crippen LogP contribution in [-0.2, 0) is 10.0 Å². The number of sulfonamides is 1. The first-order valence-electron chi connectivity index (χ1n) is 7.91. The molecule has 1 aliphatic heterocycles. The fourth-order valence-electron chi connectivity index (χ4n) is 2.64. The van der Waals surface area contributed by atoms with Crippen molar-refractivity contribution in [1.29, 1.82) is 0 Å². The average molecular weight is 361 g/mol. The van der Waals surface area contributed by atoms with Gasteiger partial charge in [-0.15, -0.1) is 0 Å². The summed E-state index contributed by atoms with van der Waals surface area (Å²) >= 11 is 0. The first kappa shape index (κ1) is 17.2. The molecule has 1 aliphatic rings. The maximum Gasteiger partial charge on any atom is 0.255 e. The Morgan fingerprint density at radius 2 is 1.92 bits per heavy atom. The van der Waals surface area contributed by atoms with Gasteiger partial charge in [0.2, 0.25) is 15.9 Å². The number of anilines is 2. The van der Waals surface area contributed by atoms with E-state index in [0.29, 0.717) is 35.8 Å². The first-order valence-corrected chi connectivity index (χ1v) is 9.52. The van der Waals surface area contributed by atoms with E-state index in [1.165, 1.54) is 17.6 Å². The Labute approximate surface area is 146 Å². The smallest absolute Gasteiger partial charge is 0.255 e. The van der Waals surface area contributed by atoms with E-state index >= 15 is 0 Å². The second kappa shape index (κ2) is 7.10. The van der Waals surface area contributed by atoms with Crippen molar-refractivity contribution in [3.05, 3.63) is 48.2 Å². The van der Waals surface area contributed by atoms with Crippen molar-refractivity contribution in [2.75, 3.05) is 29.0 Å². The van der Waals surface area contributed by atoms with Crippen molar-refractivity contribution in [1.82, 2.24) is 4.98 Å². The van der Waals surface area contributed by atoms with E-state index in [1.807, 2.05) is 0 Å². The number of pyridine rings is 1. The molecular formula is C17H19N3O4S. The number of amides is 1. The van der Waals surface area contributed by atoms with Gasteiger partial charge >= 0.3 is 0 Å². The largest absolute Gasteiger partial charge is 0.481 e. The standard InChI is InChI=1S/C17H19N3O4S/c1-24-16-9-6-14(12-18-16)19-17(21)13-4-7-15(8-5-13)20-10-2-3-11-25(20,22)23/h4-9,12H,2-3,10-11H2,1H3,(H,19,21). The SMILES string of the molecule is COc1ccc(NC(=O)c2ccc(N3CCCCS3(=O)=O)cc2)cn1. The zero-order valence-electron chi connectivity index (χ0n) is 13.8. The van der Waals surface area contributed by atoms with Crippen molar-refractivity contribution in [2.24, 2.45) is 0 Å². The highest BCUT2D eigenvalue weighted by atomic mass is 32.2. The molecule has 25 heavy (non-hydrogen) atoms. The van der Waals surface area contributed by atoms with Gasteiger partial charge in [-0.25, -0.2) is 13.4 Å². The predicted octanol–water partition coefficient (Wildman–Crippen LogP) is 2.27. The molecule has 2 heterocycles. The fraction of sp³-hybridized carbons (Fsp3) is 0.294. The number of nitrogens with one attached hydrogen (secondary N) is 1. The highest BCUT2D eigenvalue weighted by Gasteiger charge is 2.25. The molecule has 0 bridgehead atoms. The van der Waals surface area contributed by atoms with Gasteiger partial charge in [0, 0.05) is 18.2 Å². The third-order valence-electron chi connectivity index (χ3n) is 3.97. The van der Waals surface area contributed by atoms with Crippen molar-refractivity contribution in [2.45, 2.75) is 12.8 Å². The second-order valence-corrected chi connectivity index (χ2v) is 7.70. The van der Waals surface area contributed by atoms with E-state index in [1.54, 1.807) is 36.4 Å². The van der Waals surface area contributed by atoms with Crippen LogP contribution in [0.15, 0.2) is 42.6 Å². The number of aromatic nitrogens is 1. The van der Waals surface area contributed by atoms with E-state index in [-0.39, 0.29) is 11.7 Å². The van der Waals surface area contributed by atoms with Gasteiger partial charge in [-0.2, -0.15) is 0 Å². The van der Waals surface area contributed by atoms with E-state index in [0.717, 1.165) is 6.42 Å². The first-order chi connectivity index (χ1) is 12.0. The van der Waals surface area contributed by atoms with Gasteiger partial charge in [0.05, 0.1) is 30.4 Å². The topological polar surface area (TPSA) is 88.6 Å². The van der Waals surface area contributed by atoms with E-state index in [9.17, 15) is 13.2 Å². The van der Waals surface area contributed by atoms with Gasteiger partial charge < -0.3 is 10.1 Å². The van der Waals surface area contributed by atoms with Crippen LogP contribution >= 0.6 is 0 Å². The monoisotopic (exact) mass is 361 g/mol. The summed E-state index contributed by atoms with van der Waals surface area (Å²) in [4.78, 5) is 16.3. The Bertz CT molecular complexity index is 848. The van der Waals surface area contributed by atoms with Crippen LogP contribution in [0.3, 0.4) is 0 Å². The molecule has 0 spiro atoms. The molecule has 1 aromatic carbocycles. The molecular weight excluding hydrogens is 342 g/mol. The molecule has 1 amide bonds. The van der Waals surface area contributed by atoms with Gasteiger partial charge in [0.15, 0.2) is 0 Å². The second-order valence-electron chi connectivity index (χ2n) is 5.69. The molecule has 2 aromatic rings. The van der Waals surface area contributed by atoms with Gasteiger partial charge in [0.1, 0.15) is 0 Å². The molecule has 8 heteroatoms. The lowest BCUT2D eigenvalue weighted by atomic mass is 10.2. The number of methoxy groups -OCH3 is 1. The van der Waals surface area contributed by atoms with Gasteiger partial charge in [-0.3, -0.25) is 9.10 Å². The highest BCUT2D eigenvalue weighted by molar-refractivity contribution is 7.92. The van der Waals surface area contributed by atoms with Crippen molar-refractivity contribution < 1.29 is 17.9 Å². The highest BCUT2D eigenvalue weighted by Crippen LogP contribution is 2.24. The summed E-state index contributed by atoms with van der Waals surface area (Å²) in [6, 6.07) is 9.89. The molecule has 0 saturated carbocycles. The van der Waals surface area contributed by atoms with E-state index in [2.05, 4.69) is 10.3 Å². The summed E-state index contributed by atoms with van der Waals surface area (Å²) in [7, 11) is -1.73. The van der Waals surface area contributed by atoms with Crippen LogP contribution in [0.2, 0.25) is 0 Å². The summed E-state index contributed by atoms with van der Waals surface area (Å²) in [5, 5.41) is 2.74. The molecule has 132 valence electrons. The molecule has 1 fully saturated rings. The van der Waals surface area contributed by atoms with Crippen LogP contribution in [0.25, 0.3) is 0 Å². The number of hydrogen-bond acceptors (Lipinski definition) is 5.